The van der Waals surface area contributed by atoms with E-state index < -0.39 is 8.32 Å². The van der Waals surface area contributed by atoms with Gasteiger partial charge in [0.25, 0.3) is 0 Å². The molecule has 0 amide bonds. The number of aryl methyl sites for hydroxylation is 1. The SMILES string of the molecule is CCS[C@@H](Sc1ccc(C)cc1)[C@H](O[Si](C)(C)C(C)(C)C)c1ccccc1. The van der Waals surface area contributed by atoms with E-state index >= 15 is 0 Å². The lowest BCUT2D eigenvalue weighted by atomic mass is 10.1. The summed E-state index contributed by atoms with van der Waals surface area (Å²) < 4.78 is 7.32. The summed E-state index contributed by atoms with van der Waals surface area (Å²) in [4.78, 5) is 1.31. The molecule has 0 aliphatic heterocycles. The average molecular weight is 419 g/mol. The summed E-state index contributed by atoms with van der Waals surface area (Å²) in [5, 5.41) is 0.190. The molecule has 2 atom stereocenters. The van der Waals surface area contributed by atoms with Gasteiger partial charge in [-0.1, -0.05) is 75.7 Å². The predicted molar refractivity (Wildman–Crippen MR) is 126 cm³/mol. The van der Waals surface area contributed by atoms with Crippen molar-refractivity contribution in [3.05, 3.63) is 65.7 Å². The Kier molecular flexibility index (Phi) is 8.11. The molecule has 0 saturated heterocycles. The summed E-state index contributed by atoms with van der Waals surface area (Å²) in [6.45, 7) is 16.0. The van der Waals surface area contributed by atoms with Gasteiger partial charge in [-0.3, -0.25) is 0 Å². The van der Waals surface area contributed by atoms with E-state index in [0.717, 1.165) is 5.75 Å². The van der Waals surface area contributed by atoms with Crippen LogP contribution in [0.25, 0.3) is 0 Å². The van der Waals surface area contributed by atoms with Crippen LogP contribution in [0.15, 0.2) is 59.5 Å². The van der Waals surface area contributed by atoms with Gasteiger partial charge in [0.2, 0.25) is 0 Å². The molecule has 0 aliphatic rings. The van der Waals surface area contributed by atoms with Crippen LogP contribution in [0.5, 0.6) is 0 Å². The molecule has 0 aromatic heterocycles. The van der Waals surface area contributed by atoms with Crippen LogP contribution in [-0.4, -0.2) is 18.7 Å². The minimum atomic E-state index is -1.90. The highest BCUT2D eigenvalue weighted by Gasteiger charge is 2.41. The maximum absolute atomic E-state index is 7.00. The number of hydrogen-bond donors (Lipinski definition) is 0. The number of hydrogen-bond acceptors (Lipinski definition) is 3. The molecule has 0 radical (unpaired) electrons. The number of thioether (sulfide) groups is 2. The molecule has 0 saturated carbocycles. The molecule has 0 unspecified atom stereocenters. The fourth-order valence-electron chi connectivity index (χ4n) is 2.52. The maximum atomic E-state index is 7.00. The van der Waals surface area contributed by atoms with Gasteiger partial charge in [-0.05, 0) is 48.5 Å². The molecule has 2 aromatic carbocycles. The molecule has 1 nitrogen and oxygen atoms in total. The van der Waals surface area contributed by atoms with E-state index in [9.17, 15) is 0 Å². The lowest BCUT2D eigenvalue weighted by molar-refractivity contribution is 0.200. The summed E-state index contributed by atoms with van der Waals surface area (Å²) in [5.74, 6) is 1.08. The van der Waals surface area contributed by atoms with Gasteiger partial charge in [-0.25, -0.2) is 0 Å². The largest absolute Gasteiger partial charge is 0.408 e. The highest BCUT2D eigenvalue weighted by molar-refractivity contribution is 8.17. The van der Waals surface area contributed by atoms with Gasteiger partial charge in [-0.2, -0.15) is 0 Å². The van der Waals surface area contributed by atoms with Crippen molar-refractivity contribution >= 4 is 31.8 Å². The number of rotatable bonds is 8. The summed E-state index contributed by atoms with van der Waals surface area (Å²) >= 11 is 3.93. The molecule has 0 heterocycles. The Morgan fingerprint density at radius 2 is 1.56 bits per heavy atom. The quantitative estimate of drug-likeness (QED) is 0.245. The van der Waals surface area contributed by atoms with E-state index in [4.69, 9.17) is 4.43 Å². The Hall–Kier alpha value is -0.683. The minimum Gasteiger partial charge on any atom is -0.408 e. The van der Waals surface area contributed by atoms with Gasteiger partial charge in [0.15, 0.2) is 8.32 Å². The Balaban J connectivity index is 2.37. The van der Waals surface area contributed by atoms with Crippen LogP contribution in [0.4, 0.5) is 0 Å². The van der Waals surface area contributed by atoms with Crippen LogP contribution in [0.3, 0.4) is 0 Å². The zero-order valence-electron chi connectivity index (χ0n) is 17.8. The number of benzene rings is 2. The molecule has 0 spiro atoms. The molecule has 0 N–H and O–H groups in total. The monoisotopic (exact) mass is 418 g/mol. The third-order valence-electron chi connectivity index (χ3n) is 5.21. The first kappa shape index (κ1) is 22.6. The molecule has 2 aromatic rings. The van der Waals surface area contributed by atoms with Crippen molar-refractivity contribution < 1.29 is 4.43 Å². The Labute approximate surface area is 175 Å². The van der Waals surface area contributed by atoms with Crippen LogP contribution in [-0.2, 0) is 4.43 Å². The lowest BCUT2D eigenvalue weighted by Crippen LogP contribution is -2.43. The van der Waals surface area contributed by atoms with Crippen molar-refractivity contribution in [2.75, 3.05) is 5.75 Å². The fraction of sp³-hybridized carbons (Fsp3) is 0.478. The van der Waals surface area contributed by atoms with Crippen LogP contribution in [0.2, 0.25) is 18.1 Å². The van der Waals surface area contributed by atoms with Crippen molar-refractivity contribution in [3.63, 3.8) is 0 Å². The summed E-state index contributed by atoms with van der Waals surface area (Å²) in [6, 6.07) is 19.6. The van der Waals surface area contributed by atoms with Crippen LogP contribution in [0.1, 0.15) is 44.9 Å². The van der Waals surface area contributed by atoms with Crippen molar-refractivity contribution in [2.45, 2.75) is 68.3 Å². The van der Waals surface area contributed by atoms with E-state index in [1.807, 2.05) is 23.5 Å². The molecule has 27 heavy (non-hydrogen) atoms. The van der Waals surface area contributed by atoms with Gasteiger partial charge in [-0.15, -0.1) is 23.5 Å². The van der Waals surface area contributed by atoms with Gasteiger partial charge in [0.05, 0.1) is 10.7 Å². The van der Waals surface area contributed by atoms with Crippen molar-refractivity contribution in [2.24, 2.45) is 0 Å². The van der Waals surface area contributed by atoms with Crippen molar-refractivity contribution in [1.29, 1.82) is 0 Å². The molecular weight excluding hydrogens is 384 g/mol. The Morgan fingerprint density at radius 1 is 0.963 bits per heavy atom. The molecule has 0 fully saturated rings. The van der Waals surface area contributed by atoms with E-state index in [1.54, 1.807) is 0 Å². The highest BCUT2D eigenvalue weighted by Crippen LogP contribution is 2.46. The summed E-state index contributed by atoms with van der Waals surface area (Å²) in [5.41, 5.74) is 2.59. The summed E-state index contributed by atoms with van der Waals surface area (Å²) in [7, 11) is -1.90. The molecular formula is C23H34OS2Si. The molecule has 0 aliphatic carbocycles. The maximum Gasteiger partial charge on any atom is 0.193 e. The Bertz CT molecular complexity index is 693. The minimum absolute atomic E-state index is 0.0864. The van der Waals surface area contributed by atoms with Gasteiger partial charge >= 0.3 is 0 Å². The second kappa shape index (κ2) is 9.68. The molecule has 0 bridgehead atoms. The van der Waals surface area contributed by atoms with E-state index in [0.29, 0.717) is 4.58 Å². The normalized spacial score (nSPS) is 14.8. The zero-order valence-corrected chi connectivity index (χ0v) is 20.4. The van der Waals surface area contributed by atoms with Crippen LogP contribution in [0, 0.1) is 6.92 Å². The molecule has 2 rings (SSSR count). The third kappa shape index (κ3) is 6.42. The van der Waals surface area contributed by atoms with Crippen LogP contribution < -0.4 is 0 Å². The fourth-order valence-corrected chi connectivity index (χ4v) is 6.60. The second-order valence-electron chi connectivity index (χ2n) is 8.46. The van der Waals surface area contributed by atoms with E-state index in [2.05, 4.69) is 102 Å². The molecule has 148 valence electrons. The standard InChI is InChI=1S/C23H34OS2Si/c1-8-25-22(26-20-16-14-18(2)15-17-20)21(19-12-10-9-11-13-19)24-27(6,7)23(3,4)5/h9-17,21-22H,8H2,1-7H3/t21-,22+/m1/s1. The first-order chi connectivity index (χ1) is 12.6. The topological polar surface area (TPSA) is 9.23 Å². The zero-order chi connectivity index (χ0) is 20.1. The smallest absolute Gasteiger partial charge is 0.193 e. The second-order valence-corrected chi connectivity index (χ2v) is 16.2. The van der Waals surface area contributed by atoms with E-state index in [-0.39, 0.29) is 11.1 Å². The van der Waals surface area contributed by atoms with Gasteiger partial charge in [0.1, 0.15) is 0 Å². The van der Waals surface area contributed by atoms with Crippen molar-refractivity contribution in [1.82, 2.24) is 0 Å². The van der Waals surface area contributed by atoms with Crippen LogP contribution >= 0.6 is 23.5 Å². The Morgan fingerprint density at radius 3 is 2.07 bits per heavy atom. The van der Waals surface area contributed by atoms with Gasteiger partial charge in [0, 0.05) is 4.90 Å². The summed E-state index contributed by atoms with van der Waals surface area (Å²) in [6.07, 6.45) is 0.0864. The molecule has 4 heteroatoms. The highest BCUT2D eigenvalue weighted by atomic mass is 32.2. The predicted octanol–water partition coefficient (Wildman–Crippen LogP) is 7.93. The first-order valence-corrected chi connectivity index (χ1v) is 14.6. The van der Waals surface area contributed by atoms with E-state index in [1.165, 1.54) is 16.0 Å². The van der Waals surface area contributed by atoms with Gasteiger partial charge < -0.3 is 4.43 Å². The lowest BCUT2D eigenvalue weighted by Gasteiger charge is -2.41. The average Bonchev–Trinajstić information content (AvgIpc) is 2.61. The first-order valence-electron chi connectivity index (χ1n) is 9.72. The van der Waals surface area contributed by atoms with Crippen molar-refractivity contribution in [3.8, 4) is 0 Å². The third-order valence-corrected chi connectivity index (χ3v) is 12.3.